The second-order valence-corrected chi connectivity index (χ2v) is 5.72. The minimum absolute atomic E-state index is 0.0331. The van der Waals surface area contributed by atoms with Crippen LogP contribution < -0.4 is 5.73 Å². The van der Waals surface area contributed by atoms with Gasteiger partial charge in [-0.1, -0.05) is 25.5 Å². The molecule has 18 heavy (non-hydrogen) atoms. The lowest BCUT2D eigenvalue weighted by atomic mass is 9.85. The van der Waals surface area contributed by atoms with Gasteiger partial charge in [-0.15, -0.1) is 0 Å². The third kappa shape index (κ3) is 1.41. The van der Waals surface area contributed by atoms with Crippen molar-refractivity contribution in [1.82, 2.24) is 4.90 Å². The average molecular weight is 248 g/mol. The Morgan fingerprint density at radius 3 is 2.28 bits per heavy atom. The van der Waals surface area contributed by atoms with Gasteiger partial charge in [0.1, 0.15) is 0 Å². The first-order chi connectivity index (χ1) is 8.69. The number of rotatable bonds is 4. The Balaban J connectivity index is 1.87. The van der Waals surface area contributed by atoms with Crippen molar-refractivity contribution in [2.75, 3.05) is 6.54 Å². The summed E-state index contributed by atoms with van der Waals surface area (Å²) in [7, 11) is 0. The summed E-state index contributed by atoms with van der Waals surface area (Å²) in [4.78, 5) is 26.4. The van der Waals surface area contributed by atoms with Crippen molar-refractivity contribution in [3.63, 3.8) is 0 Å². The first kappa shape index (κ1) is 11.9. The number of hydrogen-bond acceptors (Lipinski definition) is 3. The molecule has 2 amide bonds. The van der Waals surface area contributed by atoms with Crippen LogP contribution in [-0.4, -0.2) is 29.3 Å². The summed E-state index contributed by atoms with van der Waals surface area (Å²) in [5.74, 6) is 0.483. The Morgan fingerprint density at radius 1 is 1.28 bits per heavy atom. The van der Waals surface area contributed by atoms with Crippen LogP contribution >= 0.6 is 0 Å². The molecule has 2 fully saturated rings. The van der Waals surface area contributed by atoms with E-state index in [1.807, 2.05) is 0 Å². The maximum Gasteiger partial charge on any atom is 0.234 e. The average Bonchev–Trinajstić information content (AvgIpc) is 3.02. The van der Waals surface area contributed by atoms with Crippen molar-refractivity contribution in [3.05, 3.63) is 12.2 Å². The number of fused-ring (bicyclic) bond motifs is 5. The van der Waals surface area contributed by atoms with Crippen molar-refractivity contribution < 1.29 is 9.59 Å². The van der Waals surface area contributed by atoms with Gasteiger partial charge in [-0.3, -0.25) is 14.5 Å². The molecule has 0 spiro atoms. The van der Waals surface area contributed by atoms with E-state index in [0.29, 0.717) is 18.4 Å². The fourth-order valence-corrected chi connectivity index (χ4v) is 3.97. The highest BCUT2D eigenvalue weighted by atomic mass is 16.2. The summed E-state index contributed by atoms with van der Waals surface area (Å²) in [5, 5.41) is 0. The quantitative estimate of drug-likeness (QED) is 0.594. The maximum absolute atomic E-state index is 12.5. The predicted octanol–water partition coefficient (Wildman–Crippen LogP) is 0.921. The molecule has 98 valence electrons. The lowest BCUT2D eigenvalue weighted by Crippen LogP contribution is -2.45. The van der Waals surface area contributed by atoms with Gasteiger partial charge in [-0.05, 0) is 24.7 Å². The number of carbonyl (C=O) groups excluding carboxylic acids is 2. The molecule has 0 aromatic heterocycles. The summed E-state index contributed by atoms with van der Waals surface area (Å²) in [6.45, 7) is 2.44. The molecule has 4 nitrogen and oxygen atoms in total. The Kier molecular flexibility index (Phi) is 2.77. The van der Waals surface area contributed by atoms with Crippen LogP contribution in [-0.2, 0) is 9.59 Å². The first-order valence-electron chi connectivity index (χ1n) is 6.94. The normalized spacial score (nSPS) is 38.7. The molecule has 5 atom stereocenters. The summed E-state index contributed by atoms with van der Waals surface area (Å²) in [6, 6.07) is -0.0972. The van der Waals surface area contributed by atoms with Gasteiger partial charge in [-0.25, -0.2) is 0 Å². The fourth-order valence-electron chi connectivity index (χ4n) is 3.97. The summed E-state index contributed by atoms with van der Waals surface area (Å²) in [6.07, 6.45) is 6.99. The van der Waals surface area contributed by atoms with Crippen LogP contribution in [0.15, 0.2) is 12.2 Å². The van der Waals surface area contributed by atoms with Crippen molar-refractivity contribution in [1.29, 1.82) is 0 Å². The molecule has 0 aromatic carbocycles. The molecule has 4 heteroatoms. The SMILES string of the molecule is CCCC(CN)N1C(=O)C2C3C=CC(C3)C2C1=O. The Bertz CT molecular complexity index is 388. The smallest absolute Gasteiger partial charge is 0.234 e. The Labute approximate surface area is 107 Å². The van der Waals surface area contributed by atoms with Crippen molar-refractivity contribution in [2.24, 2.45) is 29.4 Å². The number of nitrogens with two attached hydrogens (primary N) is 1. The van der Waals surface area contributed by atoms with Crippen molar-refractivity contribution in [3.8, 4) is 0 Å². The molecule has 0 aromatic rings. The Hall–Kier alpha value is -1.16. The van der Waals surface area contributed by atoms with Crippen LogP contribution in [0.4, 0.5) is 0 Å². The van der Waals surface area contributed by atoms with Gasteiger partial charge in [0.2, 0.25) is 11.8 Å². The largest absolute Gasteiger partial charge is 0.328 e. The van der Waals surface area contributed by atoms with E-state index in [1.54, 1.807) is 0 Å². The molecule has 3 rings (SSSR count). The number of hydrogen-bond donors (Lipinski definition) is 1. The second-order valence-electron chi connectivity index (χ2n) is 5.72. The number of nitrogens with zero attached hydrogens (tertiary/aromatic N) is 1. The minimum Gasteiger partial charge on any atom is -0.328 e. The molecule has 2 bridgehead atoms. The van der Waals surface area contributed by atoms with Crippen LogP contribution in [0, 0.1) is 23.7 Å². The minimum atomic E-state index is -0.0972. The monoisotopic (exact) mass is 248 g/mol. The summed E-state index contributed by atoms with van der Waals surface area (Å²) in [5.41, 5.74) is 5.74. The van der Waals surface area contributed by atoms with Gasteiger partial charge < -0.3 is 5.73 Å². The predicted molar refractivity (Wildman–Crippen MR) is 67.3 cm³/mol. The zero-order chi connectivity index (χ0) is 12.9. The van der Waals surface area contributed by atoms with Crippen LogP contribution in [0.25, 0.3) is 0 Å². The van der Waals surface area contributed by atoms with E-state index in [-0.39, 0.29) is 29.7 Å². The van der Waals surface area contributed by atoms with E-state index in [0.717, 1.165) is 19.3 Å². The molecule has 1 saturated carbocycles. The van der Waals surface area contributed by atoms with E-state index in [1.165, 1.54) is 4.90 Å². The fraction of sp³-hybridized carbons (Fsp3) is 0.714. The van der Waals surface area contributed by atoms with Crippen LogP contribution in [0.1, 0.15) is 26.2 Å². The van der Waals surface area contributed by atoms with E-state index < -0.39 is 0 Å². The van der Waals surface area contributed by atoms with Crippen LogP contribution in [0.2, 0.25) is 0 Å². The molecular weight excluding hydrogens is 228 g/mol. The summed E-state index contributed by atoms with van der Waals surface area (Å²) < 4.78 is 0. The Morgan fingerprint density at radius 2 is 1.83 bits per heavy atom. The standard InChI is InChI=1S/C14H20N2O2/c1-2-3-10(7-15)16-13(17)11-8-4-5-9(6-8)12(11)14(16)18/h4-5,8-12H,2-3,6-7,15H2,1H3. The number of amides is 2. The van der Waals surface area contributed by atoms with Gasteiger partial charge >= 0.3 is 0 Å². The summed E-state index contributed by atoms with van der Waals surface area (Å²) >= 11 is 0. The number of imide groups is 1. The van der Waals surface area contributed by atoms with Crippen LogP contribution in [0.3, 0.4) is 0 Å². The molecule has 1 aliphatic heterocycles. The lowest BCUT2D eigenvalue weighted by Gasteiger charge is -2.26. The number of allylic oxidation sites excluding steroid dienone is 2. The van der Waals surface area contributed by atoms with Crippen molar-refractivity contribution >= 4 is 11.8 Å². The molecule has 1 heterocycles. The molecule has 5 unspecified atom stereocenters. The second kappa shape index (κ2) is 4.19. The van der Waals surface area contributed by atoms with Gasteiger partial charge in [0.15, 0.2) is 0 Å². The van der Waals surface area contributed by atoms with E-state index >= 15 is 0 Å². The van der Waals surface area contributed by atoms with E-state index in [4.69, 9.17) is 5.73 Å². The number of carbonyl (C=O) groups is 2. The molecule has 2 aliphatic carbocycles. The zero-order valence-corrected chi connectivity index (χ0v) is 10.7. The highest BCUT2D eigenvalue weighted by Gasteiger charge is 2.60. The third-order valence-electron chi connectivity index (χ3n) is 4.76. The van der Waals surface area contributed by atoms with E-state index in [2.05, 4.69) is 19.1 Å². The maximum atomic E-state index is 12.5. The number of likely N-dealkylation sites (tertiary alicyclic amines) is 1. The van der Waals surface area contributed by atoms with Crippen molar-refractivity contribution in [2.45, 2.75) is 32.2 Å². The van der Waals surface area contributed by atoms with Gasteiger partial charge in [0.25, 0.3) is 0 Å². The molecule has 3 aliphatic rings. The highest BCUT2D eigenvalue weighted by Crippen LogP contribution is 2.52. The lowest BCUT2D eigenvalue weighted by molar-refractivity contribution is -0.143. The third-order valence-corrected chi connectivity index (χ3v) is 4.76. The highest BCUT2D eigenvalue weighted by molar-refractivity contribution is 6.06. The van der Waals surface area contributed by atoms with E-state index in [9.17, 15) is 9.59 Å². The zero-order valence-electron chi connectivity index (χ0n) is 10.7. The van der Waals surface area contributed by atoms with Crippen LogP contribution in [0.5, 0.6) is 0 Å². The van der Waals surface area contributed by atoms with Gasteiger partial charge in [0.05, 0.1) is 17.9 Å². The topological polar surface area (TPSA) is 63.4 Å². The van der Waals surface area contributed by atoms with Gasteiger partial charge in [-0.2, -0.15) is 0 Å². The molecule has 2 N–H and O–H groups in total. The molecule has 0 radical (unpaired) electrons. The molecule has 1 saturated heterocycles. The molecular formula is C14H20N2O2. The first-order valence-corrected chi connectivity index (χ1v) is 6.94. The van der Waals surface area contributed by atoms with Gasteiger partial charge in [0, 0.05) is 6.54 Å².